The second-order valence-electron chi connectivity index (χ2n) is 5.25. The maximum Gasteiger partial charge on any atom is 0.134 e. The quantitative estimate of drug-likeness (QED) is 0.933. The third kappa shape index (κ3) is 2.29. The van der Waals surface area contributed by atoms with Crippen molar-refractivity contribution < 1.29 is 13.5 Å². The summed E-state index contributed by atoms with van der Waals surface area (Å²) in [5.74, 6) is -0.310. The van der Waals surface area contributed by atoms with E-state index >= 15 is 0 Å². The first-order valence-corrected chi connectivity index (χ1v) is 7.00. The molecule has 1 N–H and O–H groups in total. The minimum Gasteiger partial charge on any atom is -0.493 e. The maximum atomic E-state index is 14.4. The zero-order chi connectivity index (χ0) is 15.0. The monoisotopic (exact) mass is 289 g/mol. The second kappa shape index (κ2) is 5.45. The van der Waals surface area contributed by atoms with Crippen LogP contribution in [-0.2, 0) is 6.42 Å². The van der Waals surface area contributed by atoms with Gasteiger partial charge in [0, 0.05) is 17.5 Å². The lowest BCUT2D eigenvalue weighted by Gasteiger charge is -2.21. The Morgan fingerprint density at radius 2 is 2.00 bits per heavy atom. The van der Waals surface area contributed by atoms with Crippen LogP contribution in [0.5, 0.6) is 5.75 Å². The number of aryl methyl sites for hydroxylation is 1. The predicted octanol–water partition coefficient (Wildman–Crippen LogP) is 3.52. The number of para-hydroxylation sites is 1. The molecule has 2 aromatic carbocycles. The average Bonchev–Trinajstić information content (AvgIpc) is 2.96. The third-order valence-electron chi connectivity index (χ3n) is 3.95. The van der Waals surface area contributed by atoms with E-state index < -0.39 is 17.7 Å². The number of halogens is 2. The van der Waals surface area contributed by atoms with Crippen LogP contribution in [0.15, 0.2) is 30.3 Å². The molecule has 1 atom stereocenters. The molecule has 2 nitrogen and oxygen atoms in total. The number of hydrogen-bond acceptors (Lipinski definition) is 2. The molecular formula is C17H17F2NO. The number of nitrogens with one attached hydrogen (secondary N) is 1. The van der Waals surface area contributed by atoms with Crippen LogP contribution in [0.25, 0.3) is 0 Å². The van der Waals surface area contributed by atoms with Crippen LogP contribution in [0, 0.1) is 18.6 Å². The number of ether oxygens (including phenoxy) is 1. The van der Waals surface area contributed by atoms with Gasteiger partial charge in [-0.3, -0.25) is 0 Å². The highest BCUT2D eigenvalue weighted by atomic mass is 19.1. The molecule has 0 aliphatic carbocycles. The molecule has 0 amide bonds. The topological polar surface area (TPSA) is 21.3 Å². The Kier molecular flexibility index (Phi) is 3.64. The Hall–Kier alpha value is -1.94. The van der Waals surface area contributed by atoms with Crippen LogP contribution >= 0.6 is 0 Å². The molecule has 110 valence electrons. The second-order valence-corrected chi connectivity index (χ2v) is 5.25. The Balaban J connectivity index is 2.17. The number of benzene rings is 2. The summed E-state index contributed by atoms with van der Waals surface area (Å²) in [6, 6.07) is 7.93. The average molecular weight is 289 g/mol. The van der Waals surface area contributed by atoms with Crippen molar-refractivity contribution in [3.05, 3.63) is 64.2 Å². The van der Waals surface area contributed by atoms with Gasteiger partial charge in [0.1, 0.15) is 17.4 Å². The molecule has 0 saturated heterocycles. The lowest BCUT2D eigenvalue weighted by molar-refractivity contribution is 0.350. The minimum atomic E-state index is -0.571. The van der Waals surface area contributed by atoms with E-state index in [1.165, 1.54) is 12.1 Å². The first kappa shape index (κ1) is 14.0. The fraction of sp³-hybridized carbons (Fsp3) is 0.294. The zero-order valence-corrected chi connectivity index (χ0v) is 12.0. The highest BCUT2D eigenvalue weighted by molar-refractivity contribution is 5.49. The molecule has 0 radical (unpaired) electrons. The Morgan fingerprint density at radius 3 is 2.76 bits per heavy atom. The smallest absolute Gasteiger partial charge is 0.134 e. The standard InChI is InChI=1S/C17H17F2NO/c1-10-6-7-13(18)14(15(10)19)16(20-2)12-5-3-4-11-8-9-21-17(11)12/h3-7,16,20H,8-9H2,1-2H3. The van der Waals surface area contributed by atoms with Crippen molar-refractivity contribution >= 4 is 0 Å². The minimum absolute atomic E-state index is 0.0430. The first-order valence-electron chi connectivity index (χ1n) is 7.00. The first-order chi connectivity index (χ1) is 10.1. The molecule has 0 saturated carbocycles. The zero-order valence-electron chi connectivity index (χ0n) is 12.0. The van der Waals surface area contributed by atoms with E-state index in [9.17, 15) is 8.78 Å². The third-order valence-corrected chi connectivity index (χ3v) is 3.95. The summed E-state index contributed by atoms with van der Waals surface area (Å²) in [7, 11) is 1.69. The molecule has 1 aliphatic rings. The van der Waals surface area contributed by atoms with Gasteiger partial charge < -0.3 is 10.1 Å². The largest absolute Gasteiger partial charge is 0.493 e. The lowest BCUT2D eigenvalue weighted by atomic mass is 9.94. The van der Waals surface area contributed by atoms with Gasteiger partial charge in [-0.1, -0.05) is 24.3 Å². The fourth-order valence-corrected chi connectivity index (χ4v) is 2.87. The van der Waals surface area contributed by atoms with Gasteiger partial charge in [0.05, 0.1) is 12.6 Å². The van der Waals surface area contributed by atoms with E-state index in [0.29, 0.717) is 12.2 Å². The van der Waals surface area contributed by atoms with E-state index in [1.807, 2.05) is 18.2 Å². The molecule has 1 heterocycles. The normalized spacial score (nSPS) is 14.7. The van der Waals surface area contributed by atoms with Crippen LogP contribution in [0.2, 0.25) is 0 Å². The van der Waals surface area contributed by atoms with Crippen LogP contribution in [0.1, 0.15) is 28.3 Å². The molecule has 1 unspecified atom stereocenters. The van der Waals surface area contributed by atoms with E-state index in [1.54, 1.807) is 14.0 Å². The molecule has 0 fully saturated rings. The van der Waals surface area contributed by atoms with Crippen LogP contribution in [0.3, 0.4) is 0 Å². The van der Waals surface area contributed by atoms with Gasteiger partial charge in [-0.05, 0) is 31.2 Å². The van der Waals surface area contributed by atoms with Gasteiger partial charge in [0.25, 0.3) is 0 Å². The Labute approximate surface area is 122 Å². The summed E-state index contributed by atoms with van der Waals surface area (Å²) in [4.78, 5) is 0. The van der Waals surface area contributed by atoms with Crippen LogP contribution < -0.4 is 10.1 Å². The lowest BCUT2D eigenvalue weighted by Crippen LogP contribution is -2.21. The summed E-state index contributed by atoms with van der Waals surface area (Å²) < 4.78 is 34.3. The van der Waals surface area contributed by atoms with Gasteiger partial charge in [-0.15, -0.1) is 0 Å². The van der Waals surface area contributed by atoms with Gasteiger partial charge >= 0.3 is 0 Å². The number of hydrogen-bond donors (Lipinski definition) is 1. The van der Waals surface area contributed by atoms with Gasteiger partial charge in [-0.25, -0.2) is 8.78 Å². The summed E-state index contributed by atoms with van der Waals surface area (Å²) in [5, 5.41) is 3.01. The van der Waals surface area contributed by atoms with E-state index in [4.69, 9.17) is 4.74 Å². The van der Waals surface area contributed by atoms with Crippen molar-refractivity contribution in [2.24, 2.45) is 0 Å². The molecule has 1 aliphatic heterocycles. The van der Waals surface area contributed by atoms with Crippen molar-refractivity contribution in [1.82, 2.24) is 5.32 Å². The molecule has 2 aromatic rings. The molecule has 21 heavy (non-hydrogen) atoms. The summed E-state index contributed by atoms with van der Waals surface area (Å²) >= 11 is 0. The van der Waals surface area contributed by atoms with E-state index in [0.717, 1.165) is 23.3 Å². The summed E-state index contributed by atoms with van der Waals surface area (Å²) in [5.41, 5.74) is 2.33. The highest BCUT2D eigenvalue weighted by Gasteiger charge is 2.27. The molecule has 0 bridgehead atoms. The molecule has 3 rings (SSSR count). The van der Waals surface area contributed by atoms with E-state index in [-0.39, 0.29) is 5.56 Å². The Morgan fingerprint density at radius 1 is 1.19 bits per heavy atom. The van der Waals surface area contributed by atoms with Gasteiger partial charge in [-0.2, -0.15) is 0 Å². The van der Waals surface area contributed by atoms with Gasteiger partial charge in [0.15, 0.2) is 0 Å². The Bertz CT molecular complexity index is 685. The van der Waals surface area contributed by atoms with Crippen molar-refractivity contribution in [1.29, 1.82) is 0 Å². The van der Waals surface area contributed by atoms with Crippen molar-refractivity contribution in [3.8, 4) is 5.75 Å². The van der Waals surface area contributed by atoms with Gasteiger partial charge in [0.2, 0.25) is 0 Å². The summed E-state index contributed by atoms with van der Waals surface area (Å²) in [6.07, 6.45) is 0.832. The molecular weight excluding hydrogens is 272 g/mol. The predicted molar refractivity (Wildman–Crippen MR) is 77.6 cm³/mol. The number of fused-ring (bicyclic) bond motifs is 1. The fourth-order valence-electron chi connectivity index (χ4n) is 2.87. The maximum absolute atomic E-state index is 14.4. The van der Waals surface area contributed by atoms with Crippen molar-refractivity contribution in [3.63, 3.8) is 0 Å². The van der Waals surface area contributed by atoms with Crippen molar-refractivity contribution in [2.75, 3.05) is 13.7 Å². The molecule has 0 spiro atoms. The van der Waals surface area contributed by atoms with Crippen LogP contribution in [-0.4, -0.2) is 13.7 Å². The molecule has 4 heteroatoms. The van der Waals surface area contributed by atoms with Crippen LogP contribution in [0.4, 0.5) is 8.78 Å². The SMILES string of the molecule is CNC(c1cccc2c1OCC2)c1c(F)ccc(C)c1F. The van der Waals surface area contributed by atoms with E-state index in [2.05, 4.69) is 5.32 Å². The number of rotatable bonds is 3. The molecule has 0 aromatic heterocycles. The highest BCUT2D eigenvalue weighted by Crippen LogP contribution is 2.37. The summed E-state index contributed by atoms with van der Waals surface area (Å²) in [6.45, 7) is 2.25. The van der Waals surface area contributed by atoms with Crippen molar-refractivity contribution in [2.45, 2.75) is 19.4 Å².